The smallest absolute Gasteiger partial charge is 0.251 e. The molecule has 2 saturated heterocycles. The number of carbonyl (C=O) groups is 1. The highest BCUT2D eigenvalue weighted by Gasteiger charge is 2.34. The molecule has 3 heterocycles. The summed E-state index contributed by atoms with van der Waals surface area (Å²) in [5, 5.41) is 4.02. The molecule has 1 aromatic rings. The lowest BCUT2D eigenvalue weighted by molar-refractivity contribution is -0.142. The van der Waals surface area contributed by atoms with Crippen LogP contribution in [0.4, 0.5) is 0 Å². The number of rotatable bonds is 4. The van der Waals surface area contributed by atoms with Crippen molar-refractivity contribution >= 4 is 15.9 Å². The Labute approximate surface area is 136 Å². The Kier molecular flexibility index (Phi) is 4.69. The number of hydrogen-bond acceptors (Lipinski definition) is 5. The minimum atomic E-state index is -3.54. The van der Waals surface area contributed by atoms with Gasteiger partial charge in [-0.15, -0.1) is 0 Å². The number of aromatic nitrogens is 2. The van der Waals surface area contributed by atoms with E-state index in [1.165, 1.54) is 10.5 Å². The molecule has 0 aliphatic carbocycles. The summed E-state index contributed by atoms with van der Waals surface area (Å²) < 4.78 is 33.6. The summed E-state index contributed by atoms with van der Waals surface area (Å²) in [5.74, 6) is -0.0154. The molecule has 2 fully saturated rings. The van der Waals surface area contributed by atoms with Gasteiger partial charge in [0.05, 0.1) is 6.20 Å². The van der Waals surface area contributed by atoms with Crippen molar-refractivity contribution in [2.75, 3.05) is 32.8 Å². The van der Waals surface area contributed by atoms with Crippen LogP contribution >= 0.6 is 0 Å². The van der Waals surface area contributed by atoms with Gasteiger partial charge in [0, 0.05) is 45.5 Å². The Bertz CT molecular complexity index is 658. The van der Waals surface area contributed by atoms with E-state index < -0.39 is 10.0 Å². The van der Waals surface area contributed by atoms with Crippen molar-refractivity contribution in [3.63, 3.8) is 0 Å². The summed E-state index contributed by atoms with van der Waals surface area (Å²) in [4.78, 5) is 14.2. The molecular formula is C14H22N4O4S. The van der Waals surface area contributed by atoms with Crippen molar-refractivity contribution in [1.82, 2.24) is 19.0 Å². The summed E-state index contributed by atoms with van der Waals surface area (Å²) in [6.45, 7) is 4.57. The zero-order chi connectivity index (χ0) is 16.4. The average Bonchev–Trinajstić information content (AvgIpc) is 3.25. The fourth-order valence-corrected chi connectivity index (χ4v) is 4.30. The molecule has 3 rings (SSSR count). The molecule has 2 aliphatic heterocycles. The van der Waals surface area contributed by atoms with E-state index in [1.54, 1.807) is 15.8 Å². The van der Waals surface area contributed by atoms with Gasteiger partial charge >= 0.3 is 0 Å². The van der Waals surface area contributed by atoms with Crippen molar-refractivity contribution in [3.05, 3.63) is 12.4 Å². The van der Waals surface area contributed by atoms with Gasteiger partial charge in [0.2, 0.25) is 10.0 Å². The van der Waals surface area contributed by atoms with E-state index in [1.807, 2.05) is 6.92 Å². The summed E-state index contributed by atoms with van der Waals surface area (Å²) in [6, 6.07) is 0. The monoisotopic (exact) mass is 342 g/mol. The van der Waals surface area contributed by atoms with Crippen LogP contribution in [0.3, 0.4) is 0 Å². The number of piperazine rings is 1. The Morgan fingerprint density at radius 1 is 1.35 bits per heavy atom. The predicted molar refractivity (Wildman–Crippen MR) is 82.2 cm³/mol. The molecule has 2 aliphatic rings. The van der Waals surface area contributed by atoms with Crippen LogP contribution in [-0.2, 0) is 26.1 Å². The van der Waals surface area contributed by atoms with Crippen molar-refractivity contribution in [3.8, 4) is 0 Å². The number of ether oxygens (including phenoxy) is 1. The lowest BCUT2D eigenvalue weighted by Crippen LogP contribution is -2.52. The van der Waals surface area contributed by atoms with Gasteiger partial charge in [-0.05, 0) is 19.8 Å². The third-order valence-corrected chi connectivity index (χ3v) is 6.18. The van der Waals surface area contributed by atoms with E-state index in [2.05, 4.69) is 5.10 Å². The fraction of sp³-hybridized carbons (Fsp3) is 0.714. The molecule has 1 aromatic heterocycles. The van der Waals surface area contributed by atoms with Crippen LogP contribution in [0.15, 0.2) is 17.3 Å². The Morgan fingerprint density at radius 3 is 2.65 bits per heavy atom. The molecule has 0 aromatic carbocycles. The maximum absolute atomic E-state index is 12.6. The van der Waals surface area contributed by atoms with Crippen molar-refractivity contribution < 1.29 is 17.9 Å². The quantitative estimate of drug-likeness (QED) is 0.764. The summed E-state index contributed by atoms with van der Waals surface area (Å²) in [6.07, 6.45) is 4.24. The molecule has 1 atom stereocenters. The van der Waals surface area contributed by atoms with Crippen LogP contribution in [0.2, 0.25) is 0 Å². The van der Waals surface area contributed by atoms with Gasteiger partial charge in [-0.25, -0.2) is 8.42 Å². The number of nitrogens with zero attached hydrogens (tertiary/aromatic N) is 4. The lowest BCUT2D eigenvalue weighted by atomic mass is 10.2. The van der Waals surface area contributed by atoms with Gasteiger partial charge in [0.1, 0.15) is 11.0 Å². The van der Waals surface area contributed by atoms with Crippen LogP contribution in [0.1, 0.15) is 19.8 Å². The van der Waals surface area contributed by atoms with E-state index in [9.17, 15) is 13.2 Å². The highest BCUT2D eigenvalue weighted by molar-refractivity contribution is 7.89. The van der Waals surface area contributed by atoms with E-state index in [4.69, 9.17) is 4.74 Å². The second kappa shape index (κ2) is 6.58. The van der Waals surface area contributed by atoms with Gasteiger partial charge in [0.15, 0.2) is 0 Å². The van der Waals surface area contributed by atoms with Gasteiger partial charge in [-0.1, -0.05) is 0 Å². The first-order valence-electron chi connectivity index (χ1n) is 7.95. The zero-order valence-electron chi connectivity index (χ0n) is 13.2. The minimum Gasteiger partial charge on any atom is -0.368 e. The lowest BCUT2D eigenvalue weighted by Gasteiger charge is -2.34. The fourth-order valence-electron chi connectivity index (χ4n) is 2.92. The van der Waals surface area contributed by atoms with Crippen molar-refractivity contribution in [2.45, 2.75) is 37.3 Å². The highest BCUT2D eigenvalue weighted by Crippen LogP contribution is 2.19. The second-order valence-corrected chi connectivity index (χ2v) is 7.70. The Balaban J connectivity index is 1.62. The maximum Gasteiger partial charge on any atom is 0.251 e. The number of hydrogen-bond donors (Lipinski definition) is 0. The molecule has 8 nitrogen and oxygen atoms in total. The number of amides is 1. The average molecular weight is 342 g/mol. The normalized spacial score (nSPS) is 23.3. The zero-order valence-corrected chi connectivity index (χ0v) is 14.0. The number of sulfonamides is 1. The number of aryl methyl sites for hydroxylation is 1. The molecule has 1 amide bonds. The molecule has 0 spiro atoms. The van der Waals surface area contributed by atoms with Crippen molar-refractivity contribution in [2.24, 2.45) is 0 Å². The molecule has 128 valence electrons. The third-order valence-electron chi connectivity index (χ3n) is 4.33. The van der Waals surface area contributed by atoms with Crippen LogP contribution in [-0.4, -0.2) is 72.2 Å². The minimum absolute atomic E-state index is 0.0154. The van der Waals surface area contributed by atoms with Gasteiger partial charge < -0.3 is 9.64 Å². The largest absolute Gasteiger partial charge is 0.368 e. The van der Waals surface area contributed by atoms with Crippen LogP contribution in [0.5, 0.6) is 0 Å². The van der Waals surface area contributed by atoms with E-state index >= 15 is 0 Å². The van der Waals surface area contributed by atoms with Crippen LogP contribution < -0.4 is 0 Å². The molecule has 0 bridgehead atoms. The molecule has 0 unspecified atom stereocenters. The first-order chi connectivity index (χ1) is 11.0. The van der Waals surface area contributed by atoms with Gasteiger partial charge in [0.25, 0.3) is 5.91 Å². The number of carbonyl (C=O) groups excluding carboxylic acids is 1. The molecule has 0 N–H and O–H groups in total. The highest BCUT2D eigenvalue weighted by atomic mass is 32.2. The van der Waals surface area contributed by atoms with Crippen LogP contribution in [0, 0.1) is 0 Å². The summed E-state index contributed by atoms with van der Waals surface area (Å²) in [5.41, 5.74) is 0. The molecule has 9 heteroatoms. The first kappa shape index (κ1) is 16.4. The topological polar surface area (TPSA) is 84.7 Å². The first-order valence-corrected chi connectivity index (χ1v) is 9.39. The Morgan fingerprint density at radius 2 is 2.09 bits per heavy atom. The van der Waals surface area contributed by atoms with E-state index in [0.29, 0.717) is 39.3 Å². The third kappa shape index (κ3) is 3.26. The maximum atomic E-state index is 12.6. The second-order valence-electron chi connectivity index (χ2n) is 5.76. The molecule has 23 heavy (non-hydrogen) atoms. The molecule has 0 saturated carbocycles. The molecular weight excluding hydrogens is 320 g/mol. The Hall–Kier alpha value is -1.45. The van der Waals surface area contributed by atoms with Gasteiger partial charge in [-0.2, -0.15) is 9.40 Å². The standard InChI is InChI=1S/C14H22N4O4S/c1-2-17-11-12(10-15-17)23(20,21)18-7-5-16(6-8-18)14(19)13-4-3-9-22-13/h10-11,13H,2-9H2,1H3/t13-/m1/s1. The summed E-state index contributed by atoms with van der Waals surface area (Å²) >= 11 is 0. The molecule has 0 radical (unpaired) electrons. The predicted octanol–water partition coefficient (Wildman–Crippen LogP) is -0.0851. The SMILES string of the molecule is CCn1cc(S(=O)(=O)N2CCN(C(=O)[C@H]3CCCO3)CC2)cn1. The van der Waals surface area contributed by atoms with E-state index in [0.717, 1.165) is 12.8 Å². The van der Waals surface area contributed by atoms with Crippen molar-refractivity contribution in [1.29, 1.82) is 0 Å². The van der Waals surface area contributed by atoms with Crippen LogP contribution in [0.25, 0.3) is 0 Å². The summed E-state index contributed by atoms with van der Waals surface area (Å²) in [7, 11) is -3.54. The van der Waals surface area contributed by atoms with Gasteiger partial charge in [-0.3, -0.25) is 9.48 Å². The van der Waals surface area contributed by atoms with E-state index in [-0.39, 0.29) is 16.9 Å².